The third kappa shape index (κ3) is 41.5. The third-order valence-electron chi connectivity index (χ3n) is 6.60. The largest absolute Gasteiger partial charge is 0.478 e. The van der Waals surface area contributed by atoms with E-state index in [0.717, 1.165) is 31.8 Å². The number of carboxylic acid groups (broad SMARTS) is 1. The van der Waals surface area contributed by atoms with Gasteiger partial charge in [0.2, 0.25) is 5.91 Å². The van der Waals surface area contributed by atoms with Crippen LogP contribution in [0.25, 0.3) is 0 Å². The van der Waals surface area contributed by atoms with E-state index in [-0.39, 0.29) is 41.7 Å². The summed E-state index contributed by atoms with van der Waals surface area (Å²) >= 11 is 0. The van der Waals surface area contributed by atoms with Crippen molar-refractivity contribution in [3.8, 4) is 0 Å². The number of hydrogen-bond acceptors (Lipinski definition) is 11. The highest BCUT2D eigenvalue weighted by Gasteiger charge is 2.24. The second-order valence-corrected chi connectivity index (χ2v) is 12.0. The lowest BCUT2D eigenvalue weighted by atomic mass is 9.98. The van der Waals surface area contributed by atoms with Gasteiger partial charge in [0.1, 0.15) is 18.8 Å². The summed E-state index contributed by atoms with van der Waals surface area (Å²) in [6.07, 6.45) is 12.9. The molecule has 2 unspecified atom stereocenters. The predicted octanol–water partition coefficient (Wildman–Crippen LogP) is 6.92. The van der Waals surface area contributed by atoms with Crippen LogP contribution in [0.2, 0.25) is 0 Å². The number of carboxylic acids is 1. The number of amides is 1. The van der Waals surface area contributed by atoms with Crippen LogP contribution in [0.15, 0.2) is 73.9 Å². The summed E-state index contributed by atoms with van der Waals surface area (Å²) in [6.45, 7) is 32.2. The molecule has 0 aromatic carbocycles. The maximum atomic E-state index is 11.1. The molecule has 1 amide bonds. The lowest BCUT2D eigenvalue weighted by Gasteiger charge is -2.21. The smallest absolute Gasteiger partial charge is 0.333 e. The molecule has 13 nitrogen and oxygen atoms in total. The molecule has 2 rings (SSSR count). The summed E-state index contributed by atoms with van der Waals surface area (Å²) in [6, 6.07) is 0. The number of carbonyl (C=O) groups is 6. The normalized spacial score (nSPS) is 13.8. The Morgan fingerprint density at radius 2 is 1.28 bits per heavy atom. The SMILES string of the molecule is C=C(C)C(=O)O.C=C(C)C(=O)OC.C=C(C)C(=O)OC1CCCCC1.C=C(C)C(=O)OCC1CO1.C=CC(=O)OCC(CC)CCCC.C=CC(N)=O. The highest BCUT2D eigenvalue weighted by atomic mass is 16.6. The van der Waals surface area contributed by atoms with E-state index in [1.54, 1.807) is 20.8 Å². The van der Waals surface area contributed by atoms with Crippen LogP contribution in [0.5, 0.6) is 0 Å². The average molecular weight is 752 g/mol. The first-order chi connectivity index (χ1) is 24.7. The fraction of sp³-hybridized carbons (Fsp3) is 0.550. The fourth-order valence-corrected chi connectivity index (χ4v) is 3.22. The van der Waals surface area contributed by atoms with Crippen LogP contribution in [-0.4, -0.2) is 80.0 Å². The Balaban J connectivity index is -0.000000281. The Morgan fingerprint density at radius 1 is 0.811 bits per heavy atom. The summed E-state index contributed by atoms with van der Waals surface area (Å²) in [4.78, 5) is 61.8. The van der Waals surface area contributed by atoms with Crippen LogP contribution in [0.1, 0.15) is 99.3 Å². The summed E-state index contributed by atoms with van der Waals surface area (Å²) in [7, 11) is 1.33. The van der Waals surface area contributed by atoms with Gasteiger partial charge in [0.15, 0.2) is 0 Å². The predicted molar refractivity (Wildman–Crippen MR) is 206 cm³/mol. The summed E-state index contributed by atoms with van der Waals surface area (Å²) in [5, 5.41) is 7.89. The van der Waals surface area contributed by atoms with Crippen LogP contribution in [0.4, 0.5) is 0 Å². The first kappa shape index (κ1) is 55.0. The fourth-order valence-electron chi connectivity index (χ4n) is 3.22. The Morgan fingerprint density at radius 3 is 1.58 bits per heavy atom. The number of hydrogen-bond donors (Lipinski definition) is 2. The first-order valence-corrected chi connectivity index (χ1v) is 17.4. The Labute approximate surface area is 317 Å². The minimum atomic E-state index is -0.935. The number of epoxide rings is 1. The second kappa shape index (κ2) is 35.6. The molecule has 53 heavy (non-hydrogen) atoms. The van der Waals surface area contributed by atoms with E-state index in [1.165, 1.54) is 52.2 Å². The minimum Gasteiger partial charge on any atom is -0.478 e. The van der Waals surface area contributed by atoms with E-state index in [4.69, 9.17) is 24.1 Å². The quantitative estimate of drug-likeness (QED) is 0.0759. The maximum Gasteiger partial charge on any atom is 0.333 e. The number of carbonyl (C=O) groups excluding carboxylic acids is 5. The van der Waals surface area contributed by atoms with Gasteiger partial charge in [-0.05, 0) is 71.8 Å². The van der Waals surface area contributed by atoms with E-state index < -0.39 is 11.9 Å². The standard InChI is InChI=1S/C11H20O2.C10H16O2.C7H10O3.C5H8O2.C4H6O2.C3H5NO/c1-4-7-8-10(5-2)9-13-11(12)6-3;1-8(2)10(11)12-9-6-4-3-5-7-9;1-5(2)7(8)10-4-6-3-9-6;1-4(2)5(6)7-3;1-3(2)4(5)6;1-2-3(4)5/h6,10H,3-5,7-9H2,1-2H3;9H,1,3-7H2,2H3;6H,1,3-4H2,2H3;1H2,2-3H3;1H2,2H3,(H,5,6);2H,1H2,(H2,4,5). The van der Waals surface area contributed by atoms with E-state index in [0.29, 0.717) is 42.5 Å². The van der Waals surface area contributed by atoms with Crippen molar-refractivity contribution in [2.45, 2.75) is 112 Å². The average Bonchev–Trinajstić information content (AvgIpc) is 3.96. The highest BCUT2D eigenvalue weighted by Crippen LogP contribution is 2.21. The molecule has 1 aliphatic carbocycles. The van der Waals surface area contributed by atoms with Gasteiger partial charge >= 0.3 is 29.8 Å². The molecule has 0 spiro atoms. The van der Waals surface area contributed by atoms with Crippen molar-refractivity contribution in [3.05, 3.63) is 73.9 Å². The molecular formula is C40H65NO12. The second-order valence-electron chi connectivity index (χ2n) is 12.0. The van der Waals surface area contributed by atoms with Gasteiger partial charge in [-0.3, -0.25) is 4.79 Å². The van der Waals surface area contributed by atoms with Crippen molar-refractivity contribution >= 4 is 35.8 Å². The number of unbranched alkanes of at least 4 members (excludes halogenated alkanes) is 1. The van der Waals surface area contributed by atoms with Crippen molar-refractivity contribution < 1.29 is 57.6 Å². The zero-order valence-corrected chi connectivity index (χ0v) is 33.1. The number of ether oxygens (including phenoxy) is 5. The van der Waals surface area contributed by atoms with Gasteiger partial charge in [-0.1, -0.05) is 79.0 Å². The molecule has 1 saturated carbocycles. The third-order valence-corrected chi connectivity index (χ3v) is 6.60. The summed E-state index contributed by atoms with van der Waals surface area (Å²) in [5.74, 6) is -2.13. The summed E-state index contributed by atoms with van der Waals surface area (Å²) in [5.41, 5.74) is 6.08. The molecule has 1 saturated heterocycles. The monoisotopic (exact) mass is 751 g/mol. The van der Waals surface area contributed by atoms with Crippen molar-refractivity contribution in [2.75, 3.05) is 26.9 Å². The molecule has 302 valence electrons. The lowest BCUT2D eigenvalue weighted by molar-refractivity contribution is -0.145. The van der Waals surface area contributed by atoms with E-state index >= 15 is 0 Å². The van der Waals surface area contributed by atoms with E-state index in [2.05, 4.69) is 63.8 Å². The molecule has 0 radical (unpaired) electrons. The Hall–Kier alpha value is -4.78. The van der Waals surface area contributed by atoms with E-state index in [1.807, 2.05) is 0 Å². The van der Waals surface area contributed by atoms with Crippen molar-refractivity contribution in [2.24, 2.45) is 11.7 Å². The van der Waals surface area contributed by atoms with E-state index in [9.17, 15) is 28.8 Å². The molecular weight excluding hydrogens is 686 g/mol. The molecule has 13 heteroatoms. The maximum absolute atomic E-state index is 11.1. The number of primary amides is 1. The zero-order valence-electron chi connectivity index (χ0n) is 33.1. The van der Waals surface area contributed by atoms with Crippen molar-refractivity contribution in [1.29, 1.82) is 0 Å². The molecule has 0 aromatic heterocycles. The Kier molecular flexibility index (Phi) is 36.9. The summed E-state index contributed by atoms with van der Waals surface area (Å²) < 4.78 is 24.1. The Bertz CT molecular complexity index is 1180. The molecule has 2 atom stereocenters. The van der Waals surface area contributed by atoms with Crippen molar-refractivity contribution in [1.82, 2.24) is 0 Å². The van der Waals surface area contributed by atoms with Gasteiger partial charge in [-0.15, -0.1) is 0 Å². The lowest BCUT2D eigenvalue weighted by Crippen LogP contribution is -2.20. The number of nitrogens with two attached hydrogens (primary N) is 1. The van der Waals surface area contributed by atoms with Crippen LogP contribution >= 0.6 is 0 Å². The molecule has 0 aromatic rings. The van der Waals surface area contributed by atoms with Gasteiger partial charge < -0.3 is 34.5 Å². The van der Waals surface area contributed by atoms with Gasteiger partial charge in [-0.2, -0.15) is 0 Å². The molecule has 2 aliphatic rings. The van der Waals surface area contributed by atoms with Gasteiger partial charge in [0, 0.05) is 28.4 Å². The van der Waals surface area contributed by atoms with Gasteiger partial charge in [0.05, 0.1) is 20.3 Å². The molecule has 0 bridgehead atoms. The molecule has 3 N–H and O–H groups in total. The van der Waals surface area contributed by atoms with Crippen molar-refractivity contribution in [3.63, 3.8) is 0 Å². The topological polar surface area (TPSA) is 198 Å². The van der Waals surface area contributed by atoms with Crippen LogP contribution in [-0.2, 0) is 52.5 Å². The molecule has 1 heterocycles. The van der Waals surface area contributed by atoms with Crippen LogP contribution in [0, 0.1) is 5.92 Å². The first-order valence-electron chi connectivity index (χ1n) is 17.4. The number of rotatable bonds is 15. The zero-order chi connectivity index (χ0) is 41.9. The molecule has 2 fully saturated rings. The highest BCUT2D eigenvalue weighted by molar-refractivity contribution is 5.88. The number of methoxy groups -OCH3 is 1. The van der Waals surface area contributed by atoms with Gasteiger partial charge in [0.25, 0.3) is 0 Å². The van der Waals surface area contributed by atoms with Crippen LogP contribution in [0.3, 0.4) is 0 Å². The number of esters is 4. The number of aliphatic carboxylic acids is 1. The van der Waals surface area contributed by atoms with Crippen LogP contribution < -0.4 is 5.73 Å². The minimum absolute atomic E-state index is 0.142. The molecule has 1 aliphatic heterocycles. The van der Waals surface area contributed by atoms with Gasteiger partial charge in [-0.25, -0.2) is 24.0 Å².